The quantitative estimate of drug-likeness (QED) is 0.675. The fraction of sp³-hybridized carbons (Fsp3) is 0.600. The van der Waals surface area contributed by atoms with E-state index in [1.54, 1.807) is 7.11 Å². The van der Waals surface area contributed by atoms with E-state index in [9.17, 15) is 0 Å². The van der Waals surface area contributed by atoms with Crippen LogP contribution in [0.2, 0.25) is 0 Å². The second kappa shape index (κ2) is 7.99. The van der Waals surface area contributed by atoms with Gasteiger partial charge in [0.1, 0.15) is 0 Å². The molecule has 1 aromatic carbocycles. The summed E-state index contributed by atoms with van der Waals surface area (Å²) in [7, 11) is 1.66. The lowest BCUT2D eigenvalue weighted by Crippen LogP contribution is -2.11. The van der Waals surface area contributed by atoms with E-state index in [2.05, 4.69) is 19.9 Å². The van der Waals surface area contributed by atoms with Crippen LogP contribution in [-0.2, 0) is 0 Å². The minimum atomic E-state index is 0.642. The summed E-state index contributed by atoms with van der Waals surface area (Å²) in [6.45, 7) is 5.22. The van der Waals surface area contributed by atoms with Gasteiger partial charge in [0.25, 0.3) is 0 Å². The van der Waals surface area contributed by atoms with Crippen LogP contribution in [0, 0.1) is 12.0 Å². The van der Waals surface area contributed by atoms with Crippen LogP contribution in [0.4, 0.5) is 0 Å². The van der Waals surface area contributed by atoms with Crippen molar-refractivity contribution in [2.75, 3.05) is 13.7 Å². The van der Waals surface area contributed by atoms with Crippen molar-refractivity contribution < 1.29 is 9.47 Å². The molecule has 0 N–H and O–H groups in total. The van der Waals surface area contributed by atoms with E-state index in [4.69, 9.17) is 9.47 Å². The van der Waals surface area contributed by atoms with Crippen LogP contribution >= 0.6 is 0 Å². The van der Waals surface area contributed by atoms with Crippen LogP contribution in [-0.4, -0.2) is 13.7 Å². The van der Waals surface area contributed by atoms with Gasteiger partial charge in [-0.25, -0.2) is 0 Å². The van der Waals surface area contributed by atoms with Gasteiger partial charge in [0, 0.05) is 0 Å². The first-order chi connectivity index (χ1) is 8.31. The van der Waals surface area contributed by atoms with Crippen molar-refractivity contribution in [3.63, 3.8) is 0 Å². The summed E-state index contributed by atoms with van der Waals surface area (Å²) in [5.41, 5.74) is 0. The fourth-order valence-corrected chi connectivity index (χ4v) is 1.79. The van der Waals surface area contributed by atoms with Crippen LogP contribution < -0.4 is 9.47 Å². The molecule has 0 amide bonds. The number of rotatable bonds is 8. The summed E-state index contributed by atoms with van der Waals surface area (Å²) in [6, 6.07) is 8.55. The normalized spacial score (nSPS) is 12.2. The minimum Gasteiger partial charge on any atom is -0.493 e. The van der Waals surface area contributed by atoms with Crippen LogP contribution in [0.25, 0.3) is 0 Å². The Bertz CT molecular complexity index is 310. The van der Waals surface area contributed by atoms with Crippen molar-refractivity contribution in [2.24, 2.45) is 5.92 Å². The molecular formula is C15H23O2. The molecule has 1 atom stereocenters. The van der Waals surface area contributed by atoms with Crippen LogP contribution in [0.3, 0.4) is 0 Å². The maximum absolute atomic E-state index is 5.83. The molecule has 1 unspecified atom stereocenters. The third kappa shape index (κ3) is 4.68. The van der Waals surface area contributed by atoms with E-state index in [0.717, 1.165) is 18.1 Å². The number of ether oxygens (including phenoxy) is 2. The number of hydrogen-bond acceptors (Lipinski definition) is 2. The predicted molar refractivity (Wildman–Crippen MR) is 70.6 cm³/mol. The Morgan fingerprint density at radius 1 is 1.29 bits per heavy atom. The number of hydrogen-bond donors (Lipinski definition) is 0. The van der Waals surface area contributed by atoms with Gasteiger partial charge in [0.05, 0.1) is 13.7 Å². The van der Waals surface area contributed by atoms with Gasteiger partial charge in [-0.2, -0.15) is 0 Å². The van der Waals surface area contributed by atoms with E-state index < -0.39 is 0 Å². The van der Waals surface area contributed by atoms with Gasteiger partial charge >= 0.3 is 0 Å². The first-order valence-electron chi connectivity index (χ1n) is 6.48. The van der Waals surface area contributed by atoms with Gasteiger partial charge in [-0.3, -0.25) is 0 Å². The third-order valence-electron chi connectivity index (χ3n) is 3.03. The molecule has 0 spiro atoms. The van der Waals surface area contributed by atoms with Crippen molar-refractivity contribution in [3.8, 4) is 11.5 Å². The number of methoxy groups -OCH3 is 1. The number of benzene rings is 1. The lowest BCUT2D eigenvalue weighted by Gasteiger charge is -2.16. The van der Waals surface area contributed by atoms with Crippen molar-refractivity contribution >= 4 is 0 Å². The maximum Gasteiger partial charge on any atom is 0.161 e. The van der Waals surface area contributed by atoms with E-state index in [1.165, 1.54) is 25.7 Å². The van der Waals surface area contributed by atoms with Gasteiger partial charge in [-0.05, 0) is 30.5 Å². The maximum atomic E-state index is 5.83. The molecule has 1 aromatic rings. The zero-order valence-corrected chi connectivity index (χ0v) is 11.2. The second-order valence-electron chi connectivity index (χ2n) is 4.30. The summed E-state index contributed by atoms with van der Waals surface area (Å²) in [6.07, 6.45) is 4.94. The average molecular weight is 235 g/mol. The zero-order chi connectivity index (χ0) is 12.5. The number of unbranched alkanes of at least 4 members (excludes halogenated alkanes) is 1. The Balaban J connectivity index is 2.47. The fourth-order valence-electron chi connectivity index (χ4n) is 1.79. The highest BCUT2D eigenvalue weighted by molar-refractivity contribution is 5.38. The molecular weight excluding hydrogens is 212 g/mol. The summed E-state index contributed by atoms with van der Waals surface area (Å²) in [5, 5.41) is 0. The Hall–Kier alpha value is -1.18. The van der Waals surface area contributed by atoms with E-state index >= 15 is 0 Å². The molecule has 0 aliphatic rings. The molecule has 95 valence electrons. The van der Waals surface area contributed by atoms with Gasteiger partial charge in [0.15, 0.2) is 11.5 Å². The molecule has 2 heteroatoms. The monoisotopic (exact) mass is 235 g/mol. The van der Waals surface area contributed by atoms with Crippen molar-refractivity contribution in [1.82, 2.24) is 0 Å². The Morgan fingerprint density at radius 3 is 2.76 bits per heavy atom. The highest BCUT2D eigenvalue weighted by Gasteiger charge is 2.09. The van der Waals surface area contributed by atoms with E-state index in [0.29, 0.717) is 5.92 Å². The first-order valence-corrected chi connectivity index (χ1v) is 6.48. The summed E-state index contributed by atoms with van der Waals surface area (Å²) < 4.78 is 11.1. The largest absolute Gasteiger partial charge is 0.493 e. The zero-order valence-electron chi connectivity index (χ0n) is 11.2. The average Bonchev–Trinajstić information content (AvgIpc) is 2.39. The lowest BCUT2D eigenvalue weighted by atomic mass is 10.0. The van der Waals surface area contributed by atoms with Gasteiger partial charge < -0.3 is 9.47 Å². The standard InChI is InChI=1S/C15H23O2/c1-4-6-9-13(5-2)12-17-15-11-8-7-10-14(15)16-3/h8,10-11,13H,4-6,9,12H2,1-3H3. The molecule has 0 fully saturated rings. The molecule has 0 heterocycles. The second-order valence-corrected chi connectivity index (χ2v) is 4.30. The molecule has 0 saturated heterocycles. The molecule has 1 rings (SSSR count). The van der Waals surface area contributed by atoms with Gasteiger partial charge in [-0.1, -0.05) is 39.2 Å². The van der Waals surface area contributed by atoms with Gasteiger partial charge in [-0.15, -0.1) is 0 Å². The molecule has 0 bridgehead atoms. The highest BCUT2D eigenvalue weighted by atomic mass is 16.5. The SMILES string of the molecule is CCCCC(CC)COc1cc[c]cc1OC. The summed E-state index contributed by atoms with van der Waals surface area (Å²) in [5.74, 6) is 2.22. The van der Waals surface area contributed by atoms with Crippen LogP contribution in [0.5, 0.6) is 11.5 Å². The topological polar surface area (TPSA) is 18.5 Å². The molecule has 0 saturated carbocycles. The molecule has 17 heavy (non-hydrogen) atoms. The van der Waals surface area contributed by atoms with Gasteiger partial charge in [0.2, 0.25) is 0 Å². The molecule has 0 aliphatic carbocycles. The first kappa shape index (κ1) is 13.9. The van der Waals surface area contributed by atoms with Crippen LogP contribution in [0.1, 0.15) is 39.5 Å². The van der Waals surface area contributed by atoms with Crippen molar-refractivity contribution in [2.45, 2.75) is 39.5 Å². The molecule has 0 aromatic heterocycles. The Labute approximate surface area is 105 Å². The van der Waals surface area contributed by atoms with E-state index in [-0.39, 0.29) is 0 Å². The van der Waals surface area contributed by atoms with Crippen LogP contribution in [0.15, 0.2) is 18.2 Å². The molecule has 1 radical (unpaired) electrons. The predicted octanol–water partition coefficient (Wildman–Crippen LogP) is 4.09. The lowest BCUT2D eigenvalue weighted by molar-refractivity contribution is 0.224. The molecule has 2 nitrogen and oxygen atoms in total. The minimum absolute atomic E-state index is 0.642. The summed E-state index contributed by atoms with van der Waals surface area (Å²) >= 11 is 0. The Morgan fingerprint density at radius 2 is 2.12 bits per heavy atom. The Kier molecular flexibility index (Phi) is 6.53. The van der Waals surface area contributed by atoms with Crippen molar-refractivity contribution in [3.05, 3.63) is 24.3 Å². The summed E-state index contributed by atoms with van der Waals surface area (Å²) in [4.78, 5) is 0. The van der Waals surface area contributed by atoms with E-state index in [1.807, 2.05) is 18.2 Å². The molecule has 0 aliphatic heterocycles. The smallest absolute Gasteiger partial charge is 0.161 e. The highest BCUT2D eigenvalue weighted by Crippen LogP contribution is 2.26. The van der Waals surface area contributed by atoms with Crippen molar-refractivity contribution in [1.29, 1.82) is 0 Å². The third-order valence-corrected chi connectivity index (χ3v) is 3.03.